The van der Waals surface area contributed by atoms with E-state index >= 15 is 0 Å². The summed E-state index contributed by atoms with van der Waals surface area (Å²) >= 11 is 6.34. The van der Waals surface area contributed by atoms with Crippen LogP contribution in [0, 0.1) is 0 Å². The number of aromatic hydroxyl groups is 1. The minimum atomic E-state index is 0. The Kier molecular flexibility index (Phi) is 15.4. The van der Waals surface area contributed by atoms with Gasteiger partial charge in [-0.15, -0.1) is 12.4 Å². The van der Waals surface area contributed by atoms with Gasteiger partial charge in [0, 0.05) is 33.6 Å². The Morgan fingerprint density at radius 3 is 2.07 bits per heavy atom. The molecule has 4 aromatic rings. The van der Waals surface area contributed by atoms with E-state index in [0.29, 0.717) is 10.8 Å². The van der Waals surface area contributed by atoms with E-state index in [-0.39, 0.29) is 12.4 Å². The van der Waals surface area contributed by atoms with Gasteiger partial charge in [-0.1, -0.05) is 89.7 Å². The molecule has 0 atom stereocenters. The van der Waals surface area contributed by atoms with Crippen LogP contribution in [0.5, 0.6) is 11.5 Å². The number of hydrogen-bond acceptors (Lipinski definition) is 5. The van der Waals surface area contributed by atoms with E-state index in [0.717, 1.165) is 64.1 Å². The van der Waals surface area contributed by atoms with E-state index in [2.05, 4.69) is 30.1 Å². The lowest BCUT2D eigenvalue weighted by Gasteiger charge is -2.23. The summed E-state index contributed by atoms with van der Waals surface area (Å²) in [4.78, 5) is 7.41. The predicted molar refractivity (Wildman–Crippen MR) is 191 cm³/mol. The molecule has 2 N–H and O–H groups in total. The monoisotopic (exact) mass is 639 g/mol. The summed E-state index contributed by atoms with van der Waals surface area (Å²) in [6, 6.07) is 17.6. The first-order valence-electron chi connectivity index (χ1n) is 16.4. The second-order valence-electron chi connectivity index (χ2n) is 11.8. The van der Waals surface area contributed by atoms with Crippen LogP contribution in [0.2, 0.25) is 5.02 Å². The average Bonchev–Trinajstić information content (AvgIpc) is 3.01. The molecule has 7 heteroatoms. The Morgan fingerprint density at radius 1 is 0.750 bits per heavy atom. The molecule has 1 aromatic heterocycles. The summed E-state index contributed by atoms with van der Waals surface area (Å²) in [7, 11) is 1.68. The number of fused-ring (bicyclic) bond motifs is 2. The van der Waals surface area contributed by atoms with Gasteiger partial charge in [-0.3, -0.25) is 4.90 Å². The van der Waals surface area contributed by atoms with Crippen molar-refractivity contribution in [3.63, 3.8) is 0 Å². The van der Waals surface area contributed by atoms with Crippen molar-refractivity contribution in [2.75, 3.05) is 25.5 Å². The minimum Gasteiger partial charge on any atom is -0.508 e. The molecule has 0 aliphatic rings. The van der Waals surface area contributed by atoms with Gasteiger partial charge in [-0.25, -0.2) is 4.98 Å². The van der Waals surface area contributed by atoms with Crippen LogP contribution >= 0.6 is 24.0 Å². The Hall–Kier alpha value is -2.73. The van der Waals surface area contributed by atoms with Crippen molar-refractivity contribution in [2.45, 2.75) is 97.4 Å². The summed E-state index contributed by atoms with van der Waals surface area (Å²) in [6.45, 7) is 7.41. The quantitative estimate of drug-likeness (QED) is 0.0607. The molecule has 0 radical (unpaired) electrons. The topological polar surface area (TPSA) is 57.6 Å². The van der Waals surface area contributed by atoms with Gasteiger partial charge in [0.15, 0.2) is 0 Å². The highest BCUT2D eigenvalue weighted by Crippen LogP contribution is 2.37. The Bertz CT molecular complexity index is 1430. The summed E-state index contributed by atoms with van der Waals surface area (Å²) in [5, 5.41) is 17.2. The molecule has 240 valence electrons. The molecule has 0 bridgehead atoms. The highest BCUT2D eigenvalue weighted by atomic mass is 35.5. The van der Waals surface area contributed by atoms with Crippen molar-refractivity contribution in [2.24, 2.45) is 0 Å². The van der Waals surface area contributed by atoms with E-state index in [4.69, 9.17) is 21.3 Å². The summed E-state index contributed by atoms with van der Waals surface area (Å²) < 4.78 is 5.54. The van der Waals surface area contributed by atoms with Crippen LogP contribution in [0.1, 0.15) is 96.5 Å². The zero-order valence-electron chi connectivity index (χ0n) is 26.8. The molecule has 4 rings (SSSR count). The Morgan fingerprint density at radius 2 is 1.41 bits per heavy atom. The normalized spacial score (nSPS) is 11.3. The van der Waals surface area contributed by atoms with Crippen LogP contribution in [-0.4, -0.2) is 35.2 Å². The van der Waals surface area contributed by atoms with Crippen molar-refractivity contribution >= 4 is 57.2 Å². The van der Waals surface area contributed by atoms with Crippen molar-refractivity contribution in [3.05, 3.63) is 65.2 Å². The molecule has 0 saturated heterocycles. The number of halogens is 2. The van der Waals surface area contributed by atoms with Crippen molar-refractivity contribution in [1.29, 1.82) is 0 Å². The van der Waals surface area contributed by atoms with Crippen LogP contribution in [0.25, 0.3) is 21.8 Å². The van der Waals surface area contributed by atoms with Crippen LogP contribution in [0.4, 0.5) is 11.4 Å². The predicted octanol–water partition coefficient (Wildman–Crippen LogP) is 11.4. The van der Waals surface area contributed by atoms with E-state index in [1.54, 1.807) is 7.11 Å². The molecule has 3 aromatic carbocycles. The van der Waals surface area contributed by atoms with Gasteiger partial charge < -0.3 is 15.2 Å². The molecule has 0 aliphatic carbocycles. The molecular formula is C37H51Cl2N3O2. The van der Waals surface area contributed by atoms with E-state index in [9.17, 15) is 5.11 Å². The number of pyridine rings is 1. The highest BCUT2D eigenvalue weighted by molar-refractivity contribution is 6.31. The molecule has 0 amide bonds. The number of benzene rings is 3. The van der Waals surface area contributed by atoms with Crippen molar-refractivity contribution in [1.82, 2.24) is 9.88 Å². The van der Waals surface area contributed by atoms with Crippen LogP contribution in [0.3, 0.4) is 0 Å². The molecule has 0 saturated carbocycles. The number of anilines is 2. The SMILES string of the molecule is CCCCCCCCN(CCCCCCCC)Cc1cc(Nc2c3ccc(Cl)cc3nc3ccc(OC)cc23)ccc1O.Cl. The minimum absolute atomic E-state index is 0. The van der Waals surface area contributed by atoms with Crippen LogP contribution < -0.4 is 10.1 Å². The lowest BCUT2D eigenvalue weighted by molar-refractivity contribution is 0.249. The van der Waals surface area contributed by atoms with Crippen LogP contribution in [0.15, 0.2) is 54.6 Å². The molecule has 0 fully saturated rings. The fourth-order valence-electron chi connectivity index (χ4n) is 5.83. The number of nitrogens with one attached hydrogen (secondary N) is 1. The Labute approximate surface area is 275 Å². The van der Waals surface area contributed by atoms with Crippen LogP contribution in [-0.2, 0) is 6.54 Å². The number of phenolic OH excluding ortho intramolecular Hbond substituents is 1. The first kappa shape index (κ1) is 35.7. The summed E-state index contributed by atoms with van der Waals surface area (Å²) in [6.07, 6.45) is 15.5. The highest BCUT2D eigenvalue weighted by Gasteiger charge is 2.14. The lowest BCUT2D eigenvalue weighted by Crippen LogP contribution is -2.26. The molecule has 5 nitrogen and oxygen atoms in total. The molecule has 1 heterocycles. The third-order valence-electron chi connectivity index (χ3n) is 8.34. The number of unbranched alkanes of at least 4 members (excludes halogenated alkanes) is 10. The number of phenols is 1. The second kappa shape index (κ2) is 18.9. The van der Waals surface area contributed by atoms with Gasteiger partial charge in [-0.05, 0) is 80.5 Å². The molecule has 0 aliphatic heterocycles. The lowest BCUT2D eigenvalue weighted by atomic mass is 10.1. The third-order valence-corrected chi connectivity index (χ3v) is 8.58. The van der Waals surface area contributed by atoms with Gasteiger partial charge >= 0.3 is 0 Å². The average molecular weight is 641 g/mol. The van der Waals surface area contributed by atoms with Crippen molar-refractivity contribution in [3.8, 4) is 11.5 Å². The fraction of sp³-hybridized carbons (Fsp3) is 0.486. The zero-order valence-corrected chi connectivity index (χ0v) is 28.4. The number of nitrogens with zero attached hydrogens (tertiary/aromatic N) is 2. The molecule has 44 heavy (non-hydrogen) atoms. The van der Waals surface area contributed by atoms with E-state index < -0.39 is 0 Å². The molecule has 0 spiro atoms. The standard InChI is InChI=1S/C37H50ClN3O2.ClH/c1-4-6-8-10-12-14-22-41(23-15-13-11-9-7-5-2)27-28-24-30(17-21-36(28)42)39-37-32-19-16-29(38)25-35(32)40-34-20-18-31(43-3)26-33(34)37;/h16-21,24-26,42H,4-15,22-23,27H2,1-3H3,(H,39,40);1H. The second-order valence-corrected chi connectivity index (χ2v) is 12.2. The van der Waals surface area contributed by atoms with E-state index in [1.807, 2.05) is 48.5 Å². The molecule has 0 unspecified atom stereocenters. The number of ether oxygens (including phenoxy) is 1. The van der Waals surface area contributed by atoms with Gasteiger partial charge in [0.25, 0.3) is 0 Å². The maximum absolute atomic E-state index is 10.9. The maximum atomic E-state index is 10.9. The van der Waals surface area contributed by atoms with E-state index in [1.165, 1.54) is 77.0 Å². The number of aromatic nitrogens is 1. The Balaban J connectivity index is 0.00000529. The number of hydrogen-bond donors (Lipinski definition) is 2. The molecular weight excluding hydrogens is 589 g/mol. The maximum Gasteiger partial charge on any atom is 0.120 e. The summed E-state index contributed by atoms with van der Waals surface area (Å²) in [5.41, 5.74) is 4.52. The van der Waals surface area contributed by atoms with Gasteiger partial charge in [0.2, 0.25) is 0 Å². The van der Waals surface area contributed by atoms with Gasteiger partial charge in [0.1, 0.15) is 11.5 Å². The van der Waals surface area contributed by atoms with Crippen molar-refractivity contribution < 1.29 is 9.84 Å². The fourth-order valence-corrected chi connectivity index (χ4v) is 6.00. The summed E-state index contributed by atoms with van der Waals surface area (Å²) in [5.74, 6) is 1.12. The first-order chi connectivity index (χ1) is 21.0. The van der Waals surface area contributed by atoms with Gasteiger partial charge in [-0.2, -0.15) is 0 Å². The first-order valence-corrected chi connectivity index (χ1v) is 16.8. The number of rotatable bonds is 19. The van der Waals surface area contributed by atoms with Gasteiger partial charge in [0.05, 0.1) is 23.8 Å². The number of methoxy groups -OCH3 is 1. The zero-order chi connectivity index (χ0) is 30.4. The smallest absolute Gasteiger partial charge is 0.120 e. The largest absolute Gasteiger partial charge is 0.508 e. The third kappa shape index (κ3) is 10.4.